The molecule has 180 valence electrons. The molecule has 35 heavy (non-hydrogen) atoms. The third-order valence-electron chi connectivity index (χ3n) is 5.81. The first kappa shape index (κ1) is 24.2. The number of carbonyl (C=O) groups is 1. The van der Waals surface area contributed by atoms with Crippen molar-refractivity contribution in [3.63, 3.8) is 0 Å². The van der Waals surface area contributed by atoms with Gasteiger partial charge in [0.1, 0.15) is 22.8 Å². The maximum atomic E-state index is 12.7. The molecule has 0 unspecified atom stereocenters. The summed E-state index contributed by atoms with van der Waals surface area (Å²) in [5.74, 6) is 1.76. The molecule has 4 rings (SSSR count). The van der Waals surface area contributed by atoms with Gasteiger partial charge in [-0.1, -0.05) is 17.7 Å². The molecule has 0 aliphatic rings. The first-order valence-corrected chi connectivity index (χ1v) is 11.3. The first-order chi connectivity index (χ1) is 16.9. The normalized spacial score (nSPS) is 11.4. The van der Waals surface area contributed by atoms with E-state index in [0.29, 0.717) is 33.5 Å². The molecule has 1 N–H and O–H groups in total. The fourth-order valence-corrected chi connectivity index (χ4v) is 4.31. The van der Waals surface area contributed by atoms with E-state index >= 15 is 0 Å². The number of amides is 1. The molecule has 0 spiro atoms. The maximum Gasteiger partial charge on any atom is 0.248 e. The molecule has 1 amide bonds. The predicted molar refractivity (Wildman–Crippen MR) is 140 cm³/mol. The third-order valence-corrected chi connectivity index (χ3v) is 6.04. The Morgan fingerprint density at radius 2 is 1.80 bits per heavy atom. The molecule has 0 saturated carbocycles. The number of hydrogen-bond donors (Lipinski definition) is 1. The summed E-state index contributed by atoms with van der Waals surface area (Å²) in [7, 11) is 4.85. The minimum absolute atomic E-state index is 0.272. The molecule has 7 heteroatoms. The van der Waals surface area contributed by atoms with Crippen LogP contribution in [0.4, 0.5) is 5.69 Å². The number of hydrogen-bond acceptors (Lipinski definition) is 5. The van der Waals surface area contributed by atoms with Crippen molar-refractivity contribution in [1.82, 2.24) is 0 Å². The van der Waals surface area contributed by atoms with Crippen LogP contribution in [-0.4, -0.2) is 27.2 Å². The van der Waals surface area contributed by atoms with E-state index in [4.69, 9.17) is 30.2 Å². The number of benzene rings is 3. The molecular weight excluding hydrogens is 466 g/mol. The number of nitrogens with one attached hydrogen (secondary N) is 1. The molecule has 0 aliphatic carbocycles. The van der Waals surface area contributed by atoms with Crippen molar-refractivity contribution in [2.24, 2.45) is 0 Å². The quantitative estimate of drug-likeness (QED) is 0.278. The van der Waals surface area contributed by atoms with Gasteiger partial charge < -0.3 is 23.9 Å². The average Bonchev–Trinajstić information content (AvgIpc) is 3.27. The summed E-state index contributed by atoms with van der Waals surface area (Å²) in [6.45, 7) is 3.80. The lowest BCUT2D eigenvalue weighted by atomic mass is 9.96. The molecule has 4 aromatic rings. The molecule has 6 nitrogen and oxygen atoms in total. The van der Waals surface area contributed by atoms with Crippen LogP contribution in [0.15, 0.2) is 65.3 Å². The zero-order chi connectivity index (χ0) is 25.1. The van der Waals surface area contributed by atoms with E-state index in [1.807, 2.05) is 38.1 Å². The van der Waals surface area contributed by atoms with Crippen molar-refractivity contribution < 1.29 is 23.4 Å². The molecule has 0 aliphatic heterocycles. The SMILES string of the molecule is COc1ccc(OC)c(-c2coc3c(C)c(OC)c(/C(C)=C/C(=O)Nc4cccc(Cl)c4)cc23)c1. The fourth-order valence-electron chi connectivity index (χ4n) is 4.12. The number of aryl methyl sites for hydroxylation is 1. The van der Waals surface area contributed by atoms with Gasteiger partial charge in [0.25, 0.3) is 0 Å². The Bertz CT molecular complexity index is 1440. The highest BCUT2D eigenvalue weighted by Crippen LogP contribution is 2.43. The van der Waals surface area contributed by atoms with Gasteiger partial charge in [-0.15, -0.1) is 0 Å². The number of rotatable bonds is 7. The summed E-state index contributed by atoms with van der Waals surface area (Å²) in [6, 6.07) is 14.6. The molecule has 0 bridgehead atoms. The van der Waals surface area contributed by atoms with E-state index in [9.17, 15) is 4.79 Å². The van der Waals surface area contributed by atoms with Crippen molar-refractivity contribution in [1.29, 1.82) is 0 Å². The fraction of sp³-hybridized carbons (Fsp3) is 0.179. The van der Waals surface area contributed by atoms with Crippen LogP contribution in [-0.2, 0) is 4.79 Å². The number of fused-ring (bicyclic) bond motifs is 1. The number of carbonyl (C=O) groups excluding carboxylic acids is 1. The molecule has 0 fully saturated rings. The van der Waals surface area contributed by atoms with Crippen LogP contribution in [0.5, 0.6) is 17.2 Å². The van der Waals surface area contributed by atoms with Gasteiger partial charge in [-0.25, -0.2) is 0 Å². The zero-order valence-electron chi connectivity index (χ0n) is 20.2. The minimum atomic E-state index is -0.272. The number of anilines is 1. The van der Waals surface area contributed by atoms with Gasteiger partial charge in [-0.3, -0.25) is 4.79 Å². The van der Waals surface area contributed by atoms with Gasteiger partial charge in [0.2, 0.25) is 5.91 Å². The highest BCUT2D eigenvalue weighted by atomic mass is 35.5. The van der Waals surface area contributed by atoms with Gasteiger partial charge >= 0.3 is 0 Å². The summed E-state index contributed by atoms with van der Waals surface area (Å²) in [5, 5.41) is 4.26. The van der Waals surface area contributed by atoms with Crippen LogP contribution in [0, 0.1) is 6.92 Å². The summed E-state index contributed by atoms with van der Waals surface area (Å²) in [6.07, 6.45) is 3.24. The Morgan fingerprint density at radius 3 is 2.49 bits per heavy atom. The van der Waals surface area contributed by atoms with E-state index in [-0.39, 0.29) is 5.91 Å². The van der Waals surface area contributed by atoms with Gasteiger partial charge in [-0.2, -0.15) is 0 Å². The second-order valence-electron chi connectivity index (χ2n) is 8.00. The van der Waals surface area contributed by atoms with Crippen LogP contribution in [0.2, 0.25) is 5.02 Å². The minimum Gasteiger partial charge on any atom is -0.497 e. The Kier molecular flexibility index (Phi) is 7.03. The Hall–Kier alpha value is -3.90. The molecule has 1 heterocycles. The van der Waals surface area contributed by atoms with Crippen LogP contribution in [0.1, 0.15) is 18.1 Å². The monoisotopic (exact) mass is 491 g/mol. The van der Waals surface area contributed by atoms with Gasteiger partial charge in [0, 0.05) is 44.4 Å². The number of furan rings is 1. The average molecular weight is 492 g/mol. The Morgan fingerprint density at radius 1 is 1.00 bits per heavy atom. The lowest BCUT2D eigenvalue weighted by Gasteiger charge is -2.14. The van der Waals surface area contributed by atoms with Crippen LogP contribution in [0.25, 0.3) is 27.7 Å². The number of ether oxygens (including phenoxy) is 3. The van der Waals surface area contributed by atoms with Crippen molar-refractivity contribution in [3.8, 4) is 28.4 Å². The highest BCUT2D eigenvalue weighted by Gasteiger charge is 2.20. The second-order valence-corrected chi connectivity index (χ2v) is 8.44. The van der Waals surface area contributed by atoms with Gasteiger partial charge in [0.15, 0.2) is 0 Å². The van der Waals surface area contributed by atoms with Crippen molar-refractivity contribution >= 4 is 39.7 Å². The van der Waals surface area contributed by atoms with Gasteiger partial charge in [0.05, 0.1) is 27.6 Å². The highest BCUT2D eigenvalue weighted by molar-refractivity contribution is 6.31. The smallest absolute Gasteiger partial charge is 0.248 e. The Balaban J connectivity index is 1.81. The number of allylic oxidation sites excluding steroid dienone is 1. The Labute approximate surface area is 209 Å². The first-order valence-electron chi connectivity index (χ1n) is 10.9. The van der Waals surface area contributed by atoms with Crippen molar-refractivity contribution in [3.05, 3.63) is 77.0 Å². The lowest BCUT2D eigenvalue weighted by Crippen LogP contribution is -2.08. The second kappa shape index (κ2) is 10.2. The molecule has 0 atom stereocenters. The predicted octanol–water partition coefficient (Wildman–Crippen LogP) is 7.13. The molecule has 3 aromatic carbocycles. The summed E-state index contributed by atoms with van der Waals surface area (Å²) in [4.78, 5) is 12.7. The van der Waals surface area contributed by atoms with E-state index in [2.05, 4.69) is 5.32 Å². The topological polar surface area (TPSA) is 69.9 Å². The largest absolute Gasteiger partial charge is 0.497 e. The van der Waals surface area contributed by atoms with Crippen LogP contribution >= 0.6 is 11.6 Å². The molecule has 0 saturated heterocycles. The molecule has 1 aromatic heterocycles. The van der Waals surface area contributed by atoms with E-state index in [1.54, 1.807) is 51.9 Å². The third kappa shape index (κ3) is 4.84. The summed E-state index contributed by atoms with van der Waals surface area (Å²) >= 11 is 6.03. The number of methoxy groups -OCH3 is 3. The summed E-state index contributed by atoms with van der Waals surface area (Å²) in [5.41, 5.74) is 5.34. The maximum absolute atomic E-state index is 12.7. The van der Waals surface area contributed by atoms with Crippen LogP contribution in [0.3, 0.4) is 0 Å². The molecule has 0 radical (unpaired) electrons. The van der Waals surface area contributed by atoms with E-state index < -0.39 is 0 Å². The van der Waals surface area contributed by atoms with E-state index in [0.717, 1.165) is 33.2 Å². The van der Waals surface area contributed by atoms with Gasteiger partial charge in [-0.05, 0) is 61.9 Å². The van der Waals surface area contributed by atoms with Crippen LogP contribution < -0.4 is 19.5 Å². The van der Waals surface area contributed by atoms with E-state index in [1.165, 1.54) is 6.08 Å². The standard InChI is InChI=1S/C28H26ClNO5/c1-16(11-26(31)30-19-8-6-7-18(29)12-19)21-14-23-24(15-35-28(23)17(2)27(21)34-5)22-13-20(32-3)9-10-25(22)33-4/h6-15H,1-5H3,(H,30,31)/b16-11+. The zero-order valence-corrected chi connectivity index (χ0v) is 20.9. The summed E-state index contributed by atoms with van der Waals surface area (Å²) < 4.78 is 22.7. The molecular formula is C28H26ClNO5. The van der Waals surface area contributed by atoms with Crippen molar-refractivity contribution in [2.45, 2.75) is 13.8 Å². The number of halogens is 1. The lowest BCUT2D eigenvalue weighted by molar-refractivity contribution is -0.111. The van der Waals surface area contributed by atoms with Crippen molar-refractivity contribution in [2.75, 3.05) is 26.6 Å².